The van der Waals surface area contributed by atoms with E-state index >= 15 is 0 Å². The van der Waals surface area contributed by atoms with Gasteiger partial charge in [-0.1, -0.05) is 0 Å². The molecule has 0 unspecified atom stereocenters. The van der Waals surface area contributed by atoms with Gasteiger partial charge in [0, 0.05) is 37.1 Å². The molecule has 0 fully saturated rings. The van der Waals surface area contributed by atoms with E-state index in [1.54, 1.807) is 0 Å². The first-order valence-corrected chi connectivity index (χ1v) is 7.89. The van der Waals surface area contributed by atoms with Crippen LogP contribution in [0.3, 0.4) is 0 Å². The maximum atomic E-state index is 10.4. The Kier molecular flexibility index (Phi) is 6.07. The summed E-state index contributed by atoms with van der Waals surface area (Å²) in [5.74, 6) is -0.704. The molecule has 0 atom stereocenters. The molecule has 0 spiro atoms. The Morgan fingerprint density at radius 3 is 1.95 bits per heavy atom. The molecule has 4 nitrogen and oxygen atoms in total. The largest absolute Gasteiger partial charge is 0.481 e. The van der Waals surface area contributed by atoms with Crippen molar-refractivity contribution < 1.29 is 19.0 Å². The molecule has 2 rings (SSSR count). The van der Waals surface area contributed by atoms with Crippen LogP contribution in [0.15, 0.2) is 49.1 Å². The molecule has 0 bridgehead atoms. The zero-order chi connectivity index (χ0) is 15.8. The zero-order valence-corrected chi connectivity index (χ0v) is 13.1. The van der Waals surface area contributed by atoms with Gasteiger partial charge in [0.05, 0.1) is 0 Å². The number of aromatic nitrogens is 2. The SMILES string of the molecule is CC[n+]1ccc(-c2cc[n+](CCCCCC(=O)O)cc2)cc1. The van der Waals surface area contributed by atoms with Gasteiger partial charge < -0.3 is 5.11 Å². The number of nitrogens with zero attached hydrogens (tertiary/aromatic N) is 2. The van der Waals surface area contributed by atoms with Gasteiger partial charge in [0.2, 0.25) is 0 Å². The third-order valence-electron chi connectivity index (χ3n) is 3.79. The van der Waals surface area contributed by atoms with Crippen LogP contribution in [0.25, 0.3) is 11.1 Å². The van der Waals surface area contributed by atoms with E-state index < -0.39 is 5.97 Å². The lowest BCUT2D eigenvalue weighted by Gasteiger charge is -2.01. The monoisotopic (exact) mass is 300 g/mol. The van der Waals surface area contributed by atoms with Crippen molar-refractivity contribution in [3.8, 4) is 11.1 Å². The normalized spacial score (nSPS) is 10.6. The predicted octanol–water partition coefficient (Wildman–Crippen LogP) is 2.59. The Bertz CT molecular complexity index is 591. The summed E-state index contributed by atoms with van der Waals surface area (Å²) in [4.78, 5) is 10.4. The average Bonchev–Trinajstić information content (AvgIpc) is 2.55. The van der Waals surface area contributed by atoms with E-state index in [1.807, 2.05) is 0 Å². The van der Waals surface area contributed by atoms with Crippen molar-refractivity contribution in [1.82, 2.24) is 0 Å². The molecule has 0 aliphatic rings. The predicted molar refractivity (Wildman–Crippen MR) is 84.0 cm³/mol. The van der Waals surface area contributed by atoms with Gasteiger partial charge in [-0.2, -0.15) is 0 Å². The van der Waals surface area contributed by atoms with Crippen LogP contribution in [0.5, 0.6) is 0 Å². The maximum absolute atomic E-state index is 10.4. The zero-order valence-electron chi connectivity index (χ0n) is 13.1. The molecule has 22 heavy (non-hydrogen) atoms. The Balaban J connectivity index is 1.85. The fourth-order valence-electron chi connectivity index (χ4n) is 2.41. The highest BCUT2D eigenvalue weighted by atomic mass is 16.4. The molecule has 0 aliphatic carbocycles. The van der Waals surface area contributed by atoms with E-state index in [4.69, 9.17) is 5.11 Å². The number of carbonyl (C=O) groups is 1. The van der Waals surface area contributed by atoms with Crippen LogP contribution in [-0.2, 0) is 17.9 Å². The first kappa shape index (κ1) is 16.1. The highest BCUT2D eigenvalue weighted by Gasteiger charge is 2.05. The number of pyridine rings is 2. The van der Waals surface area contributed by atoms with Crippen LogP contribution in [0.1, 0.15) is 32.6 Å². The standard InChI is InChI=1S/C18H23N2O2/c1-2-19-12-7-16(8-13-19)17-9-14-20(15-10-17)11-5-3-4-6-18(21)22/h7-10,12-15H,2-6,11H2,1H3/q+1/p+1. The van der Waals surface area contributed by atoms with Crippen LogP contribution >= 0.6 is 0 Å². The molecule has 2 aromatic rings. The van der Waals surface area contributed by atoms with E-state index in [0.717, 1.165) is 32.4 Å². The molecule has 0 saturated heterocycles. The molecule has 2 heterocycles. The molecular weight excluding hydrogens is 276 g/mol. The topological polar surface area (TPSA) is 45.1 Å². The van der Waals surface area contributed by atoms with Crippen molar-refractivity contribution in [2.75, 3.05) is 0 Å². The van der Waals surface area contributed by atoms with Crippen LogP contribution in [-0.4, -0.2) is 11.1 Å². The molecule has 0 saturated carbocycles. The van der Waals surface area contributed by atoms with E-state index in [2.05, 4.69) is 65.1 Å². The highest BCUT2D eigenvalue weighted by molar-refractivity contribution is 5.66. The van der Waals surface area contributed by atoms with E-state index in [9.17, 15) is 4.79 Å². The highest BCUT2D eigenvalue weighted by Crippen LogP contribution is 2.15. The van der Waals surface area contributed by atoms with Crippen molar-refractivity contribution >= 4 is 5.97 Å². The number of hydrogen-bond donors (Lipinski definition) is 1. The lowest BCUT2D eigenvalue weighted by Crippen LogP contribution is -2.32. The quantitative estimate of drug-likeness (QED) is 0.601. The van der Waals surface area contributed by atoms with Crippen molar-refractivity contribution in [2.24, 2.45) is 0 Å². The van der Waals surface area contributed by atoms with Gasteiger partial charge >= 0.3 is 5.97 Å². The van der Waals surface area contributed by atoms with Crippen LogP contribution in [0, 0.1) is 0 Å². The second-order valence-electron chi connectivity index (χ2n) is 5.45. The summed E-state index contributed by atoms with van der Waals surface area (Å²) in [5, 5.41) is 8.59. The fourth-order valence-corrected chi connectivity index (χ4v) is 2.41. The lowest BCUT2D eigenvalue weighted by molar-refractivity contribution is -0.697. The summed E-state index contributed by atoms with van der Waals surface area (Å²) in [6.07, 6.45) is 11.4. The van der Waals surface area contributed by atoms with E-state index in [1.165, 1.54) is 11.1 Å². The van der Waals surface area contributed by atoms with Crippen LogP contribution in [0.2, 0.25) is 0 Å². The molecule has 4 heteroatoms. The van der Waals surface area contributed by atoms with Gasteiger partial charge in [0.1, 0.15) is 13.1 Å². The second-order valence-corrected chi connectivity index (χ2v) is 5.45. The molecule has 0 amide bonds. The molecule has 0 aliphatic heterocycles. The van der Waals surface area contributed by atoms with Crippen molar-refractivity contribution in [3.05, 3.63) is 49.1 Å². The number of aliphatic carboxylic acids is 1. The van der Waals surface area contributed by atoms with E-state index in [-0.39, 0.29) is 6.42 Å². The summed E-state index contributed by atoms with van der Waals surface area (Å²) >= 11 is 0. The Morgan fingerprint density at radius 2 is 1.45 bits per heavy atom. The number of rotatable bonds is 8. The van der Waals surface area contributed by atoms with Crippen LogP contribution in [0.4, 0.5) is 0 Å². The van der Waals surface area contributed by atoms with E-state index in [0.29, 0.717) is 0 Å². The molecule has 116 valence electrons. The molecule has 1 N–H and O–H groups in total. The van der Waals surface area contributed by atoms with Gasteiger partial charge in [0.15, 0.2) is 24.8 Å². The summed E-state index contributed by atoms with van der Waals surface area (Å²) in [6.45, 7) is 4.04. The summed E-state index contributed by atoms with van der Waals surface area (Å²) in [7, 11) is 0. The summed E-state index contributed by atoms with van der Waals surface area (Å²) in [5.41, 5.74) is 2.43. The molecule has 0 radical (unpaired) electrons. The van der Waals surface area contributed by atoms with Crippen LogP contribution < -0.4 is 9.13 Å². The lowest BCUT2D eigenvalue weighted by atomic mass is 10.1. The average molecular weight is 300 g/mol. The minimum absolute atomic E-state index is 0.273. The first-order chi connectivity index (χ1) is 10.7. The smallest absolute Gasteiger partial charge is 0.303 e. The number of carboxylic acids is 1. The van der Waals surface area contributed by atoms with Crippen molar-refractivity contribution in [1.29, 1.82) is 0 Å². The maximum Gasteiger partial charge on any atom is 0.303 e. The first-order valence-electron chi connectivity index (χ1n) is 7.89. The minimum atomic E-state index is -0.704. The van der Waals surface area contributed by atoms with Gasteiger partial charge in [0.25, 0.3) is 0 Å². The third kappa shape index (κ3) is 4.95. The molecule has 0 aromatic carbocycles. The summed E-state index contributed by atoms with van der Waals surface area (Å²) < 4.78 is 4.29. The van der Waals surface area contributed by atoms with Crippen molar-refractivity contribution in [2.45, 2.75) is 45.7 Å². The van der Waals surface area contributed by atoms with Crippen molar-refractivity contribution in [3.63, 3.8) is 0 Å². The summed E-state index contributed by atoms with van der Waals surface area (Å²) in [6, 6.07) is 8.52. The fraction of sp³-hybridized carbons (Fsp3) is 0.389. The minimum Gasteiger partial charge on any atom is -0.481 e. The number of carboxylic acid groups (broad SMARTS) is 1. The second kappa shape index (κ2) is 8.27. The Labute approximate surface area is 131 Å². The number of unbranched alkanes of at least 4 members (excludes halogenated alkanes) is 2. The van der Waals surface area contributed by atoms with Gasteiger partial charge in [-0.15, -0.1) is 0 Å². The molecular formula is C18H24N2O2+2. The Morgan fingerprint density at radius 1 is 0.909 bits per heavy atom. The van der Waals surface area contributed by atoms with Gasteiger partial charge in [-0.25, -0.2) is 9.13 Å². The molecule has 2 aromatic heterocycles. The van der Waals surface area contributed by atoms with Gasteiger partial charge in [-0.05, 0) is 30.9 Å². The van der Waals surface area contributed by atoms with Gasteiger partial charge in [-0.3, -0.25) is 4.79 Å². The third-order valence-corrected chi connectivity index (χ3v) is 3.79. The Hall–Kier alpha value is -2.23. The number of hydrogen-bond acceptors (Lipinski definition) is 1. The number of aryl methyl sites for hydroxylation is 2.